The predicted molar refractivity (Wildman–Crippen MR) is 41.9 cm³/mol. The standard InChI is InChI=1S/C5H9NO.C2H6/c1-3-5(4-7)6-2;1-2/h4,7H,2-3H2,1H3;1-2H3/b5-4-;. The van der Waals surface area contributed by atoms with Gasteiger partial charge in [-0.05, 0) is 13.1 Å². The summed E-state index contributed by atoms with van der Waals surface area (Å²) in [7, 11) is 0. The van der Waals surface area contributed by atoms with E-state index < -0.39 is 0 Å². The fourth-order valence-corrected chi connectivity index (χ4v) is 0.244. The molecule has 0 aromatic carbocycles. The molecular weight excluding hydrogens is 114 g/mol. The molecule has 0 fully saturated rings. The molecule has 2 heteroatoms. The van der Waals surface area contributed by atoms with Crippen molar-refractivity contribution in [2.45, 2.75) is 27.2 Å². The molecule has 0 rings (SSSR count). The van der Waals surface area contributed by atoms with E-state index in [-0.39, 0.29) is 0 Å². The van der Waals surface area contributed by atoms with Gasteiger partial charge in [-0.1, -0.05) is 20.8 Å². The molecule has 0 radical (unpaired) electrons. The van der Waals surface area contributed by atoms with Crippen LogP contribution in [0.15, 0.2) is 17.0 Å². The van der Waals surface area contributed by atoms with E-state index >= 15 is 0 Å². The zero-order chi connectivity index (χ0) is 7.70. The van der Waals surface area contributed by atoms with Crippen LogP contribution in [0.5, 0.6) is 0 Å². The Morgan fingerprint density at radius 2 is 2.11 bits per heavy atom. The van der Waals surface area contributed by atoms with Gasteiger partial charge in [-0.25, -0.2) is 0 Å². The quantitative estimate of drug-likeness (QED) is 0.451. The van der Waals surface area contributed by atoms with E-state index in [0.717, 1.165) is 12.7 Å². The molecule has 0 aromatic heterocycles. The summed E-state index contributed by atoms with van der Waals surface area (Å²) in [4.78, 5) is 3.49. The van der Waals surface area contributed by atoms with Gasteiger partial charge in [-0.15, -0.1) is 0 Å². The monoisotopic (exact) mass is 129 g/mol. The number of hydrogen-bond donors (Lipinski definition) is 1. The molecule has 0 aromatic rings. The van der Waals surface area contributed by atoms with Crippen LogP contribution in [0.1, 0.15) is 27.2 Å². The average Bonchev–Trinajstić information content (AvgIpc) is 1.96. The van der Waals surface area contributed by atoms with Crippen molar-refractivity contribution in [1.29, 1.82) is 0 Å². The molecule has 0 saturated heterocycles. The average molecular weight is 129 g/mol. The zero-order valence-electron chi connectivity index (χ0n) is 6.39. The summed E-state index contributed by atoms with van der Waals surface area (Å²) in [5.74, 6) is 0. The van der Waals surface area contributed by atoms with Crippen LogP contribution in [0, 0.1) is 0 Å². The highest BCUT2D eigenvalue weighted by atomic mass is 16.2. The molecule has 1 N–H and O–H groups in total. The topological polar surface area (TPSA) is 32.6 Å². The largest absolute Gasteiger partial charge is 0.514 e. The fraction of sp³-hybridized carbons (Fsp3) is 0.571. The van der Waals surface area contributed by atoms with Gasteiger partial charge in [0.05, 0.1) is 5.70 Å². The first-order valence-electron chi connectivity index (χ1n) is 3.15. The summed E-state index contributed by atoms with van der Waals surface area (Å²) in [5, 5.41) is 8.23. The van der Waals surface area contributed by atoms with Gasteiger partial charge in [-0.3, -0.25) is 4.99 Å². The van der Waals surface area contributed by atoms with E-state index in [4.69, 9.17) is 5.11 Å². The number of nitrogens with zero attached hydrogens (tertiary/aromatic N) is 1. The van der Waals surface area contributed by atoms with Crippen molar-refractivity contribution in [1.82, 2.24) is 0 Å². The summed E-state index contributed by atoms with van der Waals surface area (Å²) in [5.41, 5.74) is 0.625. The highest BCUT2D eigenvalue weighted by molar-refractivity contribution is 5.28. The van der Waals surface area contributed by atoms with Crippen molar-refractivity contribution in [3.8, 4) is 0 Å². The van der Waals surface area contributed by atoms with Crippen LogP contribution in [0.3, 0.4) is 0 Å². The van der Waals surface area contributed by atoms with Crippen LogP contribution in [0.25, 0.3) is 0 Å². The molecule has 0 bridgehead atoms. The third-order valence-corrected chi connectivity index (χ3v) is 0.714. The highest BCUT2D eigenvalue weighted by Gasteiger charge is 1.81. The normalized spacial score (nSPS) is 9.44. The molecule has 0 amide bonds. The third-order valence-electron chi connectivity index (χ3n) is 0.714. The fourth-order valence-electron chi connectivity index (χ4n) is 0.244. The highest BCUT2D eigenvalue weighted by Crippen LogP contribution is 1.96. The number of aliphatic imine (C=N–C) groups is 1. The molecule has 0 spiro atoms. The van der Waals surface area contributed by atoms with Crippen molar-refractivity contribution in [3.63, 3.8) is 0 Å². The molecule has 0 aliphatic heterocycles. The first-order valence-corrected chi connectivity index (χ1v) is 3.15. The minimum atomic E-state index is 0.625. The van der Waals surface area contributed by atoms with Crippen LogP contribution in [0.2, 0.25) is 0 Å². The lowest BCUT2D eigenvalue weighted by Crippen LogP contribution is -1.70. The van der Waals surface area contributed by atoms with Crippen LogP contribution >= 0.6 is 0 Å². The molecule has 0 atom stereocenters. The first kappa shape index (κ1) is 11.1. The molecule has 54 valence electrons. The second-order valence-electron chi connectivity index (χ2n) is 1.13. The Labute approximate surface area is 56.9 Å². The van der Waals surface area contributed by atoms with Gasteiger partial charge in [0.1, 0.15) is 6.26 Å². The second-order valence-corrected chi connectivity index (χ2v) is 1.13. The van der Waals surface area contributed by atoms with Gasteiger partial charge in [0.15, 0.2) is 0 Å². The summed E-state index contributed by atoms with van der Waals surface area (Å²) < 4.78 is 0. The first-order chi connectivity index (χ1) is 4.35. The smallest absolute Gasteiger partial charge is 0.101 e. The second kappa shape index (κ2) is 10.2. The van der Waals surface area contributed by atoms with Crippen molar-refractivity contribution in [2.75, 3.05) is 0 Å². The lowest BCUT2D eigenvalue weighted by atomic mass is 10.4. The maximum atomic E-state index is 8.23. The maximum absolute atomic E-state index is 8.23. The van der Waals surface area contributed by atoms with Crippen LogP contribution in [-0.4, -0.2) is 11.8 Å². The van der Waals surface area contributed by atoms with Gasteiger partial charge < -0.3 is 5.11 Å². The molecule has 0 aliphatic carbocycles. The van der Waals surface area contributed by atoms with E-state index in [9.17, 15) is 0 Å². The van der Waals surface area contributed by atoms with Crippen LogP contribution < -0.4 is 0 Å². The molecule has 2 nitrogen and oxygen atoms in total. The molecule has 9 heavy (non-hydrogen) atoms. The van der Waals surface area contributed by atoms with E-state index in [1.54, 1.807) is 0 Å². The maximum Gasteiger partial charge on any atom is 0.101 e. The van der Waals surface area contributed by atoms with E-state index in [1.807, 2.05) is 20.8 Å². The number of allylic oxidation sites excluding steroid dienone is 1. The Morgan fingerprint density at radius 1 is 1.67 bits per heavy atom. The van der Waals surface area contributed by atoms with Crippen molar-refractivity contribution >= 4 is 6.72 Å². The lowest BCUT2D eigenvalue weighted by molar-refractivity contribution is 0.464. The van der Waals surface area contributed by atoms with Crippen molar-refractivity contribution < 1.29 is 5.11 Å². The number of aliphatic hydroxyl groups is 1. The SMILES string of the molecule is C=N/C(=C\O)CC.CC. The van der Waals surface area contributed by atoms with Crippen LogP contribution in [0.4, 0.5) is 0 Å². The third kappa shape index (κ3) is 7.21. The Kier molecular flexibility index (Phi) is 12.6. The number of rotatable bonds is 2. The Bertz CT molecular complexity index is 86.9. The summed E-state index contributed by atoms with van der Waals surface area (Å²) >= 11 is 0. The Balaban J connectivity index is 0. The van der Waals surface area contributed by atoms with E-state index in [0.29, 0.717) is 5.70 Å². The number of hydrogen-bond acceptors (Lipinski definition) is 2. The van der Waals surface area contributed by atoms with Gasteiger partial charge in [0.2, 0.25) is 0 Å². The van der Waals surface area contributed by atoms with Crippen molar-refractivity contribution in [2.24, 2.45) is 4.99 Å². The molecule has 0 aliphatic rings. The van der Waals surface area contributed by atoms with Gasteiger partial charge in [-0.2, -0.15) is 0 Å². The zero-order valence-corrected chi connectivity index (χ0v) is 6.39. The lowest BCUT2D eigenvalue weighted by Gasteiger charge is -1.86. The minimum absolute atomic E-state index is 0.625. The van der Waals surface area contributed by atoms with Gasteiger partial charge >= 0.3 is 0 Å². The van der Waals surface area contributed by atoms with Crippen molar-refractivity contribution in [3.05, 3.63) is 12.0 Å². The Morgan fingerprint density at radius 3 is 2.11 bits per heavy atom. The Hall–Kier alpha value is -0.790. The van der Waals surface area contributed by atoms with E-state index in [2.05, 4.69) is 11.7 Å². The van der Waals surface area contributed by atoms with Gasteiger partial charge in [0.25, 0.3) is 0 Å². The van der Waals surface area contributed by atoms with Gasteiger partial charge in [0, 0.05) is 0 Å². The molecule has 0 heterocycles. The minimum Gasteiger partial charge on any atom is -0.514 e. The predicted octanol–water partition coefficient (Wildman–Crippen LogP) is 2.52. The van der Waals surface area contributed by atoms with Crippen LogP contribution in [-0.2, 0) is 0 Å². The number of aliphatic hydroxyl groups excluding tert-OH is 1. The van der Waals surface area contributed by atoms with E-state index in [1.165, 1.54) is 0 Å². The molecule has 0 unspecified atom stereocenters. The summed E-state index contributed by atoms with van der Waals surface area (Å²) in [6, 6.07) is 0. The molecular formula is C7H15NO. The molecule has 0 saturated carbocycles. The summed E-state index contributed by atoms with van der Waals surface area (Å²) in [6.07, 6.45) is 1.70. The summed E-state index contributed by atoms with van der Waals surface area (Å²) in [6.45, 7) is 9.12.